The molecule has 10 rings (SSSR count). The van der Waals surface area contributed by atoms with E-state index in [4.69, 9.17) is 4.43 Å². The van der Waals surface area contributed by atoms with Gasteiger partial charge in [0.1, 0.15) is 0 Å². The van der Waals surface area contributed by atoms with Crippen LogP contribution in [0.25, 0.3) is 0 Å². The van der Waals surface area contributed by atoms with Crippen molar-refractivity contribution in [2.24, 2.45) is 0 Å². The van der Waals surface area contributed by atoms with Crippen molar-refractivity contribution in [1.82, 2.24) is 0 Å². The molecule has 10 heterocycles. The normalized spacial score (nSPS) is 113. The van der Waals surface area contributed by atoms with E-state index < -0.39 is 14.8 Å². The van der Waals surface area contributed by atoms with Crippen LogP contribution in [0, 0.1) is 0 Å². The molecule has 0 aromatic rings. The summed E-state index contributed by atoms with van der Waals surface area (Å²) in [7, 11) is -1.30. The standard InChI is InChI=1S/C9H15OSi.C7H9.Fe/c1-11(2,3)10-8-9-6-4-5-7-9;1-2-7-5-3-4-6-7;/h4-7H,8H2,1-3H3;3-6H,2H2,1H3;. The minimum absolute atomic E-state index is 0.977. The summed E-state index contributed by atoms with van der Waals surface area (Å²) in [5.74, 6) is 0. The third kappa shape index (κ3) is 0.0930. The molecule has 0 aromatic carbocycles. The van der Waals surface area contributed by atoms with Crippen LogP contribution >= 0.6 is 0 Å². The zero-order chi connectivity index (χ0) is 12.6. The summed E-state index contributed by atoms with van der Waals surface area (Å²) in [5.41, 5.74) is 0. The molecule has 3 heteroatoms. The van der Waals surface area contributed by atoms with Crippen molar-refractivity contribution in [1.29, 1.82) is 0 Å². The topological polar surface area (TPSA) is 9.23 Å². The summed E-state index contributed by atoms with van der Waals surface area (Å²) in [6.07, 6.45) is 1.62. The molecule has 8 atom stereocenters. The van der Waals surface area contributed by atoms with Gasteiger partial charge < -0.3 is 0 Å². The number of rotatable bonds is 4. The third-order valence-corrected chi connectivity index (χ3v) is 61.8. The Morgan fingerprint density at radius 1 is 0.895 bits per heavy atom. The summed E-state index contributed by atoms with van der Waals surface area (Å²) < 4.78 is 8.70. The van der Waals surface area contributed by atoms with Gasteiger partial charge in [0.25, 0.3) is 0 Å². The van der Waals surface area contributed by atoms with Crippen LogP contribution in [-0.2, 0) is 10.9 Å². The third-order valence-electron chi connectivity index (χ3n) is 16.7. The molecule has 0 aromatic heterocycles. The predicted molar refractivity (Wildman–Crippen MR) is 75.0 cm³/mol. The van der Waals surface area contributed by atoms with Crippen LogP contribution in [0.4, 0.5) is 0 Å². The Morgan fingerprint density at radius 2 is 1.37 bits per heavy atom. The molecule has 106 valence electrons. The molecule has 0 N–H and O–H groups in total. The van der Waals surface area contributed by atoms with Crippen LogP contribution < -0.4 is 0 Å². The number of fused-ring (bicyclic) bond motifs is 10. The van der Waals surface area contributed by atoms with Crippen molar-refractivity contribution in [3.8, 4) is 0 Å². The molecule has 19 heavy (non-hydrogen) atoms. The van der Waals surface area contributed by atoms with Crippen molar-refractivity contribution < 1.29 is 10.9 Å². The average molecular weight is 316 g/mol. The molecular weight excluding hydrogens is 292 g/mol. The van der Waals surface area contributed by atoms with Crippen molar-refractivity contribution in [2.45, 2.75) is 80.1 Å². The van der Waals surface area contributed by atoms with Crippen molar-refractivity contribution >= 4 is 8.32 Å². The quantitative estimate of drug-likeness (QED) is 0.633. The Bertz CT molecular complexity index is 1040. The average Bonchev–Trinajstić information content (AvgIpc) is 3.29. The van der Waals surface area contributed by atoms with E-state index in [1.807, 2.05) is 0 Å². The molecule has 0 bridgehead atoms. The fraction of sp³-hybridized carbons (Fsp3) is 1.00. The van der Waals surface area contributed by atoms with Gasteiger partial charge >= 0.3 is 106 Å². The Morgan fingerprint density at radius 3 is 1.68 bits per heavy atom. The molecule has 10 saturated heterocycles. The molecule has 10 aliphatic heterocycles. The summed E-state index contributed by atoms with van der Waals surface area (Å²) in [6, 6.07) is 0. The summed E-state index contributed by atoms with van der Waals surface area (Å²) in [4.78, 5) is 11.5. The van der Waals surface area contributed by atoms with Gasteiger partial charge in [-0.05, 0) is 0 Å². The van der Waals surface area contributed by atoms with E-state index in [2.05, 4.69) is 26.6 Å². The minimum atomic E-state index is -2.97. The van der Waals surface area contributed by atoms with Gasteiger partial charge in [0.2, 0.25) is 0 Å². The predicted octanol–water partition coefficient (Wildman–Crippen LogP) is 5.38. The van der Waals surface area contributed by atoms with Gasteiger partial charge in [-0.25, -0.2) is 0 Å². The van der Waals surface area contributed by atoms with Crippen LogP contribution in [0.2, 0.25) is 66.8 Å². The van der Waals surface area contributed by atoms with E-state index in [0.29, 0.717) is 0 Å². The fourth-order valence-electron chi connectivity index (χ4n) is 19.2. The molecular formula is C16H24FeOSi. The molecule has 10 aliphatic rings. The van der Waals surface area contributed by atoms with Gasteiger partial charge in [0, 0.05) is 0 Å². The number of hydrogen-bond donors (Lipinski definition) is 0. The molecule has 1 spiro atoms. The van der Waals surface area contributed by atoms with Crippen LogP contribution in [0.3, 0.4) is 0 Å². The maximum absolute atomic E-state index is 6.62. The van der Waals surface area contributed by atoms with Gasteiger partial charge in [-0.3, -0.25) is 0 Å². The van der Waals surface area contributed by atoms with E-state index >= 15 is 0 Å². The summed E-state index contributed by atoms with van der Waals surface area (Å²) >= 11 is 0. The second-order valence-electron chi connectivity index (χ2n) is 12.8. The first-order chi connectivity index (χ1) is 8.70. The van der Waals surface area contributed by atoms with Crippen LogP contribution in [0.1, 0.15) is 13.3 Å². The van der Waals surface area contributed by atoms with Crippen LogP contribution in [0.5, 0.6) is 0 Å². The Kier molecular flexibility index (Phi) is 0.313. The Balaban J connectivity index is 1.40. The first kappa shape index (κ1) is 8.36. The van der Waals surface area contributed by atoms with Gasteiger partial charge in [-0.2, -0.15) is 0 Å². The monoisotopic (exact) mass is 316 g/mol. The Hall–Kier alpha value is 0.696. The van der Waals surface area contributed by atoms with Crippen molar-refractivity contribution in [3.63, 3.8) is 0 Å². The summed E-state index contributed by atoms with van der Waals surface area (Å²) in [6.45, 7) is 8.14. The summed E-state index contributed by atoms with van der Waals surface area (Å²) in [5, 5.41) is 0. The van der Waals surface area contributed by atoms with E-state index in [-0.39, 0.29) is 0 Å². The molecule has 1 nitrogen and oxygen atoms in total. The van der Waals surface area contributed by atoms with Crippen LogP contribution in [-0.4, -0.2) is 14.9 Å². The Labute approximate surface area is 106 Å². The van der Waals surface area contributed by atoms with Gasteiger partial charge in [0.15, 0.2) is 0 Å². The SMILES string of the molecule is CC[C]12[CH]3[CH]4[CH]5[CH]1[Fe]45321678[CH]2[CH]1[CH]6[C]7(CO[Si](C)(C)C)[CH]28. The van der Waals surface area contributed by atoms with Gasteiger partial charge in [0.05, 0.1) is 0 Å². The number of hydrogen-bond acceptors (Lipinski definition) is 1. The molecule has 8 unspecified atom stereocenters. The van der Waals surface area contributed by atoms with E-state index in [1.165, 1.54) is 45.1 Å². The second-order valence-corrected chi connectivity index (χ2v) is 40.8. The van der Waals surface area contributed by atoms with E-state index in [0.717, 1.165) is 8.63 Å². The first-order valence-corrected chi connectivity index (χ1v) is 18.2. The molecule has 0 saturated carbocycles. The van der Waals surface area contributed by atoms with E-state index in [1.54, 1.807) is 6.42 Å². The second kappa shape index (κ2) is 0.712. The molecule has 10 fully saturated rings. The van der Waals surface area contributed by atoms with Gasteiger partial charge in [-0.1, -0.05) is 0 Å². The zero-order valence-corrected chi connectivity index (χ0v) is 14.4. The molecule has 0 aliphatic carbocycles. The van der Waals surface area contributed by atoms with E-state index in [9.17, 15) is 0 Å². The van der Waals surface area contributed by atoms with Crippen molar-refractivity contribution in [2.75, 3.05) is 6.61 Å². The fourth-order valence-corrected chi connectivity index (χ4v) is 98.2. The zero-order valence-electron chi connectivity index (χ0n) is 12.3. The van der Waals surface area contributed by atoms with Crippen molar-refractivity contribution in [3.05, 3.63) is 0 Å². The molecule has 0 amide bonds. The first-order valence-electron chi connectivity index (χ1n) is 8.55. The van der Waals surface area contributed by atoms with Crippen LogP contribution in [0.15, 0.2) is 0 Å². The van der Waals surface area contributed by atoms with Gasteiger partial charge in [-0.15, -0.1) is 0 Å². The molecule has 0 radical (unpaired) electrons. The maximum atomic E-state index is 6.62.